The maximum atomic E-state index is 12.6. The van der Waals surface area contributed by atoms with Crippen molar-refractivity contribution in [2.24, 2.45) is 0 Å². The standard InChI is InChI=1S/C22H20O11/c1-22(21(29)30)19(28)17(26)18(27)20(33-22)32-13-8-12-14(16(25)15(13)24)10(23)7-11(31-12)9-5-3-2-4-6-9/h2-8,17-20,24-28H,1H3,(H,29,30)/t17-,18-,19+,20+,22+/m1/s1. The largest absolute Gasteiger partial charge is 0.504 e. The summed E-state index contributed by atoms with van der Waals surface area (Å²) < 4.78 is 16.3. The number of aromatic hydroxyl groups is 2. The molecule has 2 heterocycles. The Bertz CT molecular complexity index is 1270. The Morgan fingerprint density at radius 1 is 1.03 bits per heavy atom. The van der Waals surface area contributed by atoms with Gasteiger partial charge in [0.2, 0.25) is 12.0 Å². The van der Waals surface area contributed by atoms with Gasteiger partial charge in [-0.2, -0.15) is 0 Å². The van der Waals surface area contributed by atoms with Gasteiger partial charge in [0.05, 0.1) is 0 Å². The number of hydrogen-bond acceptors (Lipinski definition) is 10. The van der Waals surface area contributed by atoms with Crippen LogP contribution >= 0.6 is 0 Å². The molecule has 174 valence electrons. The highest BCUT2D eigenvalue weighted by Gasteiger charge is 2.56. The van der Waals surface area contributed by atoms with E-state index in [1.165, 1.54) is 0 Å². The summed E-state index contributed by atoms with van der Waals surface area (Å²) in [6, 6.07) is 10.8. The molecule has 1 saturated heterocycles. The van der Waals surface area contributed by atoms with Crippen LogP contribution in [0.5, 0.6) is 17.2 Å². The molecule has 1 fully saturated rings. The van der Waals surface area contributed by atoms with Crippen LogP contribution in [-0.4, -0.2) is 66.8 Å². The molecule has 0 spiro atoms. The molecule has 0 bridgehead atoms. The Balaban J connectivity index is 1.78. The van der Waals surface area contributed by atoms with Gasteiger partial charge in [-0.15, -0.1) is 0 Å². The van der Waals surface area contributed by atoms with Gasteiger partial charge in [0.1, 0.15) is 35.0 Å². The van der Waals surface area contributed by atoms with Crippen molar-refractivity contribution >= 4 is 16.9 Å². The molecule has 1 aliphatic heterocycles. The molecule has 2 aromatic carbocycles. The first kappa shape index (κ1) is 22.6. The molecule has 1 aliphatic rings. The van der Waals surface area contributed by atoms with Crippen molar-refractivity contribution < 1.29 is 49.3 Å². The molecule has 4 rings (SSSR count). The van der Waals surface area contributed by atoms with Crippen molar-refractivity contribution in [3.05, 3.63) is 52.7 Å². The maximum absolute atomic E-state index is 12.6. The molecule has 1 aromatic heterocycles. The highest BCUT2D eigenvalue weighted by Crippen LogP contribution is 2.43. The Hall–Kier alpha value is -3.64. The van der Waals surface area contributed by atoms with Crippen molar-refractivity contribution in [2.45, 2.75) is 37.1 Å². The summed E-state index contributed by atoms with van der Waals surface area (Å²) in [5.41, 5.74) is -2.63. The first-order valence-corrected chi connectivity index (χ1v) is 9.75. The number of fused-ring (bicyclic) bond motifs is 1. The van der Waals surface area contributed by atoms with Crippen LogP contribution in [0, 0.1) is 0 Å². The van der Waals surface area contributed by atoms with E-state index in [-0.39, 0.29) is 16.7 Å². The van der Waals surface area contributed by atoms with Crippen LogP contribution in [-0.2, 0) is 9.53 Å². The number of phenolic OH excluding ortho intramolecular Hbond substituents is 2. The van der Waals surface area contributed by atoms with Gasteiger partial charge >= 0.3 is 5.97 Å². The average Bonchev–Trinajstić information content (AvgIpc) is 2.79. The third kappa shape index (κ3) is 3.66. The minimum Gasteiger partial charge on any atom is -0.504 e. The van der Waals surface area contributed by atoms with Gasteiger partial charge in [-0.05, 0) is 6.92 Å². The lowest BCUT2D eigenvalue weighted by Gasteiger charge is -2.44. The van der Waals surface area contributed by atoms with Crippen LogP contribution in [0.25, 0.3) is 22.3 Å². The predicted molar refractivity (Wildman–Crippen MR) is 111 cm³/mol. The van der Waals surface area contributed by atoms with Crippen LogP contribution in [0.15, 0.2) is 51.7 Å². The minimum absolute atomic E-state index is 0.162. The third-order valence-corrected chi connectivity index (χ3v) is 5.54. The number of hydrogen-bond donors (Lipinski definition) is 6. The number of aliphatic hydroxyl groups is 3. The summed E-state index contributed by atoms with van der Waals surface area (Å²) in [5.74, 6) is -3.79. The lowest BCUT2D eigenvalue weighted by atomic mass is 9.88. The number of ether oxygens (including phenoxy) is 2. The molecule has 0 saturated carbocycles. The number of carboxylic acid groups (broad SMARTS) is 1. The van der Waals surface area contributed by atoms with Crippen molar-refractivity contribution in [3.63, 3.8) is 0 Å². The van der Waals surface area contributed by atoms with E-state index in [9.17, 15) is 40.2 Å². The fourth-order valence-corrected chi connectivity index (χ4v) is 3.55. The summed E-state index contributed by atoms with van der Waals surface area (Å²) >= 11 is 0. The van der Waals surface area contributed by atoms with Crippen molar-refractivity contribution in [1.82, 2.24) is 0 Å². The second-order valence-electron chi connectivity index (χ2n) is 7.73. The zero-order valence-corrected chi connectivity index (χ0v) is 17.1. The summed E-state index contributed by atoms with van der Waals surface area (Å²) in [7, 11) is 0. The molecule has 0 aliphatic carbocycles. The Kier molecular flexibility index (Phi) is 5.50. The van der Waals surface area contributed by atoms with Crippen LogP contribution in [0.2, 0.25) is 0 Å². The second kappa shape index (κ2) is 8.05. The van der Waals surface area contributed by atoms with E-state index in [0.29, 0.717) is 5.56 Å². The Morgan fingerprint density at radius 3 is 2.33 bits per heavy atom. The molecule has 33 heavy (non-hydrogen) atoms. The fourth-order valence-electron chi connectivity index (χ4n) is 3.55. The van der Waals surface area contributed by atoms with E-state index in [1.807, 2.05) is 0 Å². The van der Waals surface area contributed by atoms with E-state index in [1.54, 1.807) is 30.3 Å². The normalized spacial score (nSPS) is 27.4. The summed E-state index contributed by atoms with van der Waals surface area (Å²) in [6.07, 6.45) is -7.76. The van der Waals surface area contributed by atoms with Crippen molar-refractivity contribution in [2.75, 3.05) is 0 Å². The maximum Gasteiger partial charge on any atom is 0.338 e. The first-order valence-electron chi connectivity index (χ1n) is 9.75. The number of carbonyl (C=O) groups is 1. The molecule has 5 atom stereocenters. The molecule has 11 nitrogen and oxygen atoms in total. The molecule has 11 heteroatoms. The van der Waals surface area contributed by atoms with Crippen molar-refractivity contribution in [1.29, 1.82) is 0 Å². The van der Waals surface area contributed by atoms with Gasteiger partial charge in [-0.25, -0.2) is 4.79 Å². The van der Waals surface area contributed by atoms with E-state index in [4.69, 9.17) is 13.9 Å². The van der Waals surface area contributed by atoms with E-state index in [0.717, 1.165) is 19.1 Å². The van der Waals surface area contributed by atoms with Gasteiger partial charge in [-0.3, -0.25) is 4.79 Å². The topological polar surface area (TPSA) is 187 Å². The molecular weight excluding hydrogens is 440 g/mol. The molecule has 6 N–H and O–H groups in total. The van der Waals surface area contributed by atoms with Gasteiger partial charge in [0.15, 0.2) is 22.5 Å². The van der Waals surface area contributed by atoms with Crippen LogP contribution in [0.4, 0.5) is 0 Å². The quantitative estimate of drug-likeness (QED) is 0.298. The zero-order valence-electron chi connectivity index (χ0n) is 17.1. The van der Waals surface area contributed by atoms with E-state index < -0.39 is 58.8 Å². The number of aliphatic carboxylic acids is 1. The van der Waals surface area contributed by atoms with Gasteiger partial charge in [0, 0.05) is 17.7 Å². The summed E-state index contributed by atoms with van der Waals surface area (Å²) in [5, 5.41) is 60.1. The minimum atomic E-state index is -2.36. The number of rotatable bonds is 4. The summed E-state index contributed by atoms with van der Waals surface area (Å²) in [4.78, 5) is 24.1. The number of phenols is 2. The lowest BCUT2D eigenvalue weighted by Crippen LogP contribution is -2.67. The number of carboxylic acids is 1. The fraction of sp³-hybridized carbons (Fsp3) is 0.273. The molecule has 0 amide bonds. The van der Waals surface area contributed by atoms with Gasteiger partial charge < -0.3 is 44.5 Å². The highest BCUT2D eigenvalue weighted by atomic mass is 16.7. The molecule has 0 radical (unpaired) electrons. The zero-order chi connectivity index (χ0) is 24.1. The monoisotopic (exact) mass is 460 g/mol. The molecular formula is C22H20O11. The number of aliphatic hydroxyl groups excluding tert-OH is 3. The van der Waals surface area contributed by atoms with Crippen LogP contribution in [0.1, 0.15) is 6.92 Å². The third-order valence-electron chi connectivity index (χ3n) is 5.54. The van der Waals surface area contributed by atoms with E-state index in [2.05, 4.69) is 0 Å². The molecule has 3 aromatic rings. The number of benzene rings is 2. The van der Waals surface area contributed by atoms with Crippen LogP contribution in [0.3, 0.4) is 0 Å². The lowest BCUT2D eigenvalue weighted by molar-refractivity contribution is -0.302. The van der Waals surface area contributed by atoms with Crippen molar-refractivity contribution in [3.8, 4) is 28.6 Å². The summed E-state index contributed by atoms with van der Waals surface area (Å²) in [6.45, 7) is 0.967. The highest BCUT2D eigenvalue weighted by molar-refractivity contribution is 5.89. The van der Waals surface area contributed by atoms with Gasteiger partial charge in [0.25, 0.3) is 0 Å². The average molecular weight is 460 g/mol. The Labute approximate surface area is 185 Å². The SMILES string of the molecule is C[C@]1(C(=O)O)O[C@H](Oc2cc3oc(-c4ccccc4)cc(=O)c3c(O)c2O)[C@H](O)[C@@H](O)[C@@H]1O. The van der Waals surface area contributed by atoms with Gasteiger partial charge in [-0.1, -0.05) is 30.3 Å². The second-order valence-corrected chi connectivity index (χ2v) is 7.73. The van der Waals surface area contributed by atoms with E-state index >= 15 is 0 Å². The Morgan fingerprint density at radius 2 is 1.70 bits per heavy atom. The molecule has 0 unspecified atom stereocenters. The first-order chi connectivity index (χ1) is 15.5. The van der Waals surface area contributed by atoms with Crippen LogP contribution < -0.4 is 10.2 Å². The smallest absolute Gasteiger partial charge is 0.338 e. The predicted octanol–water partition coefficient (Wildman–Crippen LogP) is 0.532.